The van der Waals surface area contributed by atoms with Crippen LogP contribution in [0.5, 0.6) is 0 Å². The Bertz CT molecular complexity index is 437. The van der Waals surface area contributed by atoms with E-state index in [0.29, 0.717) is 23.4 Å². The molecule has 1 aromatic heterocycles. The van der Waals surface area contributed by atoms with Gasteiger partial charge in [0.25, 0.3) is 5.91 Å². The van der Waals surface area contributed by atoms with Crippen LogP contribution in [-0.4, -0.2) is 46.5 Å². The highest BCUT2D eigenvalue weighted by Crippen LogP contribution is 2.16. The third-order valence-corrected chi connectivity index (χ3v) is 3.90. The van der Waals surface area contributed by atoms with E-state index in [4.69, 9.17) is 11.6 Å². The molecule has 0 aliphatic carbocycles. The van der Waals surface area contributed by atoms with Gasteiger partial charge in [-0.3, -0.25) is 4.79 Å². The summed E-state index contributed by atoms with van der Waals surface area (Å²) in [5, 5.41) is 3.15. The number of amides is 1. The fourth-order valence-electron chi connectivity index (χ4n) is 2.49. The minimum atomic E-state index is -0.194. The number of halogens is 1. The quantitative estimate of drug-likeness (QED) is 0.846. The zero-order valence-corrected chi connectivity index (χ0v) is 12.6. The molecule has 110 valence electrons. The second kappa shape index (κ2) is 7.55. The van der Waals surface area contributed by atoms with Gasteiger partial charge < -0.3 is 10.2 Å². The Morgan fingerprint density at radius 3 is 3.00 bits per heavy atom. The number of aromatic nitrogens is 2. The molecule has 1 saturated heterocycles. The third-order valence-electron chi connectivity index (χ3n) is 3.70. The molecule has 0 spiro atoms. The lowest BCUT2D eigenvalue weighted by Crippen LogP contribution is -2.39. The SMILES string of the molecule is CC1CCCCN1CCCNC(=O)c1cnc(Cl)cn1. The number of piperidine rings is 1. The van der Waals surface area contributed by atoms with E-state index in [0.717, 1.165) is 13.0 Å². The number of nitrogens with one attached hydrogen (secondary N) is 1. The van der Waals surface area contributed by atoms with Crippen molar-refractivity contribution in [1.29, 1.82) is 0 Å². The van der Waals surface area contributed by atoms with Gasteiger partial charge in [-0.2, -0.15) is 0 Å². The standard InChI is InChI=1S/C14H21ClN4O/c1-11-5-2-3-7-19(11)8-4-6-16-14(20)12-9-18-13(15)10-17-12/h9-11H,2-8H2,1H3,(H,16,20). The molecule has 1 atom stereocenters. The largest absolute Gasteiger partial charge is 0.351 e. The molecule has 20 heavy (non-hydrogen) atoms. The number of likely N-dealkylation sites (tertiary alicyclic amines) is 1. The number of nitrogens with zero attached hydrogens (tertiary/aromatic N) is 3. The van der Waals surface area contributed by atoms with Crippen molar-refractivity contribution in [2.45, 2.75) is 38.6 Å². The third kappa shape index (κ3) is 4.42. The highest BCUT2D eigenvalue weighted by Gasteiger charge is 2.17. The summed E-state index contributed by atoms with van der Waals surface area (Å²) < 4.78 is 0. The van der Waals surface area contributed by atoms with Crippen molar-refractivity contribution < 1.29 is 4.79 Å². The zero-order valence-electron chi connectivity index (χ0n) is 11.8. The molecule has 2 rings (SSSR count). The molecule has 1 aromatic rings. The predicted octanol–water partition coefficient (Wildman–Crippen LogP) is 2.12. The van der Waals surface area contributed by atoms with Crippen LogP contribution in [0, 0.1) is 0 Å². The average Bonchev–Trinajstić information content (AvgIpc) is 2.46. The van der Waals surface area contributed by atoms with Gasteiger partial charge in [-0.15, -0.1) is 0 Å². The van der Waals surface area contributed by atoms with Gasteiger partial charge in [0.1, 0.15) is 10.8 Å². The number of carbonyl (C=O) groups is 1. The molecule has 5 nitrogen and oxygen atoms in total. The van der Waals surface area contributed by atoms with Crippen LogP contribution in [0.4, 0.5) is 0 Å². The molecule has 1 unspecified atom stereocenters. The van der Waals surface area contributed by atoms with E-state index in [-0.39, 0.29) is 5.91 Å². The molecular weight excluding hydrogens is 276 g/mol. The van der Waals surface area contributed by atoms with E-state index in [2.05, 4.69) is 27.1 Å². The average molecular weight is 297 g/mol. The highest BCUT2D eigenvalue weighted by atomic mass is 35.5. The molecule has 0 radical (unpaired) electrons. The van der Waals surface area contributed by atoms with Crippen LogP contribution in [-0.2, 0) is 0 Å². The summed E-state index contributed by atoms with van der Waals surface area (Å²) in [7, 11) is 0. The van der Waals surface area contributed by atoms with Crippen molar-refractivity contribution in [2.75, 3.05) is 19.6 Å². The summed E-state index contributed by atoms with van der Waals surface area (Å²) in [5.41, 5.74) is 0.306. The lowest BCUT2D eigenvalue weighted by molar-refractivity contribution is 0.0943. The molecular formula is C14H21ClN4O. The molecule has 0 saturated carbocycles. The second-order valence-electron chi connectivity index (χ2n) is 5.21. The zero-order chi connectivity index (χ0) is 14.4. The van der Waals surface area contributed by atoms with E-state index in [1.54, 1.807) is 0 Å². The first-order valence-electron chi connectivity index (χ1n) is 7.16. The highest BCUT2D eigenvalue weighted by molar-refractivity contribution is 6.29. The number of hydrogen-bond acceptors (Lipinski definition) is 4. The van der Waals surface area contributed by atoms with Crippen molar-refractivity contribution in [3.63, 3.8) is 0 Å². The molecule has 1 aliphatic heterocycles. The maximum atomic E-state index is 11.8. The van der Waals surface area contributed by atoms with Crippen LogP contribution in [0.2, 0.25) is 5.15 Å². The molecule has 1 aliphatic rings. The predicted molar refractivity (Wildman–Crippen MR) is 78.9 cm³/mol. The normalized spacial score (nSPS) is 19.8. The minimum absolute atomic E-state index is 0.194. The first-order chi connectivity index (χ1) is 9.66. The van der Waals surface area contributed by atoms with Crippen molar-refractivity contribution in [3.8, 4) is 0 Å². The van der Waals surface area contributed by atoms with Crippen molar-refractivity contribution in [2.24, 2.45) is 0 Å². The number of rotatable bonds is 5. The summed E-state index contributed by atoms with van der Waals surface area (Å²) in [6.07, 6.45) is 7.64. The summed E-state index contributed by atoms with van der Waals surface area (Å²) >= 11 is 5.63. The molecule has 1 amide bonds. The molecule has 1 fully saturated rings. The maximum Gasteiger partial charge on any atom is 0.271 e. The molecule has 1 N–H and O–H groups in total. The van der Waals surface area contributed by atoms with E-state index >= 15 is 0 Å². The first-order valence-corrected chi connectivity index (χ1v) is 7.54. The van der Waals surface area contributed by atoms with Gasteiger partial charge in [0, 0.05) is 19.1 Å². The Hall–Kier alpha value is -1.20. The van der Waals surface area contributed by atoms with E-state index in [9.17, 15) is 4.79 Å². The summed E-state index contributed by atoms with van der Waals surface area (Å²) in [4.78, 5) is 22.1. The summed E-state index contributed by atoms with van der Waals surface area (Å²) in [5.74, 6) is -0.194. The topological polar surface area (TPSA) is 58.1 Å². The smallest absolute Gasteiger partial charge is 0.271 e. The van der Waals surface area contributed by atoms with E-state index in [1.165, 1.54) is 38.2 Å². The van der Waals surface area contributed by atoms with Crippen LogP contribution in [0.3, 0.4) is 0 Å². The Kier molecular flexibility index (Phi) is 5.73. The van der Waals surface area contributed by atoms with Crippen LogP contribution < -0.4 is 5.32 Å². The van der Waals surface area contributed by atoms with Crippen molar-refractivity contribution in [1.82, 2.24) is 20.2 Å². The van der Waals surface area contributed by atoms with Crippen LogP contribution >= 0.6 is 11.6 Å². The Morgan fingerprint density at radius 2 is 2.30 bits per heavy atom. The monoisotopic (exact) mass is 296 g/mol. The Morgan fingerprint density at radius 1 is 1.45 bits per heavy atom. The van der Waals surface area contributed by atoms with Crippen molar-refractivity contribution >= 4 is 17.5 Å². The summed E-state index contributed by atoms with van der Waals surface area (Å²) in [6, 6.07) is 0.668. The van der Waals surface area contributed by atoms with Crippen LogP contribution in [0.1, 0.15) is 43.1 Å². The van der Waals surface area contributed by atoms with Gasteiger partial charge in [0.2, 0.25) is 0 Å². The van der Waals surface area contributed by atoms with Gasteiger partial charge in [-0.25, -0.2) is 9.97 Å². The fraction of sp³-hybridized carbons (Fsp3) is 0.643. The van der Waals surface area contributed by atoms with Gasteiger partial charge in [0.15, 0.2) is 0 Å². The lowest BCUT2D eigenvalue weighted by Gasteiger charge is -2.33. The van der Waals surface area contributed by atoms with Crippen molar-refractivity contribution in [3.05, 3.63) is 23.2 Å². The molecule has 6 heteroatoms. The van der Waals surface area contributed by atoms with E-state index < -0.39 is 0 Å². The van der Waals surface area contributed by atoms with Gasteiger partial charge in [-0.1, -0.05) is 18.0 Å². The number of carbonyl (C=O) groups excluding carboxylic acids is 1. The first kappa shape index (κ1) is 15.2. The van der Waals surface area contributed by atoms with Gasteiger partial charge in [-0.05, 0) is 32.7 Å². The molecule has 0 bridgehead atoms. The maximum absolute atomic E-state index is 11.8. The second-order valence-corrected chi connectivity index (χ2v) is 5.60. The minimum Gasteiger partial charge on any atom is -0.351 e. The van der Waals surface area contributed by atoms with E-state index in [1.807, 2.05) is 0 Å². The number of hydrogen-bond donors (Lipinski definition) is 1. The van der Waals surface area contributed by atoms with Crippen LogP contribution in [0.25, 0.3) is 0 Å². The summed E-state index contributed by atoms with van der Waals surface area (Å²) in [6.45, 7) is 5.15. The Balaban J connectivity index is 1.67. The van der Waals surface area contributed by atoms with Gasteiger partial charge in [0.05, 0.1) is 12.4 Å². The van der Waals surface area contributed by atoms with Gasteiger partial charge >= 0.3 is 0 Å². The molecule has 0 aromatic carbocycles. The Labute approximate surface area is 124 Å². The van der Waals surface area contributed by atoms with Crippen LogP contribution in [0.15, 0.2) is 12.4 Å². The lowest BCUT2D eigenvalue weighted by atomic mass is 10.0. The molecule has 2 heterocycles. The fourth-order valence-corrected chi connectivity index (χ4v) is 2.59.